The van der Waals surface area contributed by atoms with Crippen LogP contribution in [0.25, 0.3) is 0 Å². The topological polar surface area (TPSA) is 74.3 Å². The maximum absolute atomic E-state index is 12.3. The predicted octanol–water partition coefficient (Wildman–Crippen LogP) is 1.19. The Kier molecular flexibility index (Phi) is 6.56. The first-order chi connectivity index (χ1) is 10.1. The largest absolute Gasteiger partial charge is 0.316 e. The van der Waals surface area contributed by atoms with Gasteiger partial charge in [0.25, 0.3) is 10.2 Å². The van der Waals surface area contributed by atoms with E-state index < -0.39 is 10.2 Å². The molecule has 8 heteroatoms. The molecule has 2 rings (SSSR count). The average molecular weight is 332 g/mol. The highest BCUT2D eigenvalue weighted by Gasteiger charge is 2.28. The van der Waals surface area contributed by atoms with Crippen molar-refractivity contribution < 1.29 is 8.42 Å². The minimum absolute atomic E-state index is 0.322. The lowest BCUT2D eigenvalue weighted by atomic mass is 10.00. The van der Waals surface area contributed by atoms with E-state index in [1.54, 1.807) is 16.0 Å². The van der Waals surface area contributed by atoms with Gasteiger partial charge in [-0.05, 0) is 38.3 Å². The number of hydrogen-bond acceptors (Lipinski definition) is 5. The fraction of sp³-hybridized carbons (Fsp3) is 0.769. The van der Waals surface area contributed by atoms with Gasteiger partial charge in [0.2, 0.25) is 0 Å². The zero-order chi connectivity index (χ0) is 15.1. The van der Waals surface area contributed by atoms with E-state index in [2.05, 4.69) is 21.9 Å². The fourth-order valence-electron chi connectivity index (χ4n) is 2.48. The van der Waals surface area contributed by atoms with Crippen LogP contribution in [0.2, 0.25) is 0 Å². The van der Waals surface area contributed by atoms with Gasteiger partial charge >= 0.3 is 0 Å². The smallest absolute Gasteiger partial charge is 0.279 e. The zero-order valence-electron chi connectivity index (χ0n) is 12.4. The predicted molar refractivity (Wildman–Crippen MR) is 85.3 cm³/mol. The van der Waals surface area contributed by atoms with Gasteiger partial charge in [0, 0.05) is 30.7 Å². The molecule has 1 aromatic rings. The molecule has 21 heavy (non-hydrogen) atoms. The molecule has 1 aromatic heterocycles. The van der Waals surface area contributed by atoms with Crippen LogP contribution in [-0.2, 0) is 16.8 Å². The molecular formula is C13H24N4O2S2. The molecular weight excluding hydrogens is 308 g/mol. The second-order valence-corrected chi connectivity index (χ2v) is 8.09. The number of nitrogens with zero attached hydrogens (tertiary/aromatic N) is 2. The molecule has 1 saturated heterocycles. The Balaban J connectivity index is 1.83. The minimum atomic E-state index is -3.39. The number of nitrogens with one attached hydrogen (secondary N) is 2. The number of rotatable bonds is 8. The third-order valence-corrected chi connectivity index (χ3v) is 5.89. The van der Waals surface area contributed by atoms with Crippen LogP contribution in [0.5, 0.6) is 0 Å². The summed E-state index contributed by atoms with van der Waals surface area (Å²) >= 11 is 1.46. The fourth-order valence-corrected chi connectivity index (χ4v) is 4.40. The summed E-state index contributed by atoms with van der Waals surface area (Å²) in [5, 5.41) is 3.38. The van der Waals surface area contributed by atoms with Crippen molar-refractivity contribution in [3.8, 4) is 0 Å². The summed E-state index contributed by atoms with van der Waals surface area (Å²) in [6.07, 6.45) is 4.82. The van der Waals surface area contributed by atoms with Gasteiger partial charge in [0.1, 0.15) is 0 Å². The summed E-state index contributed by atoms with van der Waals surface area (Å²) in [4.78, 5) is 4.88. The van der Waals surface area contributed by atoms with E-state index >= 15 is 0 Å². The van der Waals surface area contributed by atoms with Crippen molar-refractivity contribution in [1.82, 2.24) is 19.3 Å². The highest BCUT2D eigenvalue weighted by atomic mass is 32.2. The molecule has 0 aliphatic carbocycles. The Morgan fingerprint density at radius 3 is 3.10 bits per heavy atom. The molecule has 120 valence electrons. The molecule has 2 N–H and O–H groups in total. The van der Waals surface area contributed by atoms with Crippen LogP contribution in [0, 0.1) is 5.92 Å². The van der Waals surface area contributed by atoms with Crippen molar-refractivity contribution in [3.63, 3.8) is 0 Å². The molecule has 0 aromatic carbocycles. The Morgan fingerprint density at radius 1 is 1.52 bits per heavy atom. The molecule has 1 aliphatic rings. The number of aromatic nitrogens is 1. The van der Waals surface area contributed by atoms with Crippen LogP contribution in [0.3, 0.4) is 0 Å². The van der Waals surface area contributed by atoms with E-state index in [-0.39, 0.29) is 0 Å². The van der Waals surface area contributed by atoms with Gasteiger partial charge in [0.05, 0.1) is 5.51 Å². The second kappa shape index (κ2) is 8.19. The SMILES string of the molecule is CCCNCC1CCCN(S(=O)(=O)NCc2cncs2)C1. The normalized spacial score (nSPS) is 20.7. The average Bonchev–Trinajstić information content (AvgIpc) is 2.99. The van der Waals surface area contributed by atoms with Crippen molar-refractivity contribution in [2.75, 3.05) is 26.2 Å². The first-order valence-corrected chi connectivity index (χ1v) is 9.76. The minimum Gasteiger partial charge on any atom is -0.316 e. The lowest BCUT2D eigenvalue weighted by molar-refractivity contribution is 0.258. The van der Waals surface area contributed by atoms with Crippen LogP contribution in [0.15, 0.2) is 11.7 Å². The van der Waals surface area contributed by atoms with Crippen molar-refractivity contribution in [2.24, 2.45) is 5.92 Å². The van der Waals surface area contributed by atoms with E-state index in [0.717, 1.165) is 37.2 Å². The third kappa shape index (κ3) is 5.30. The van der Waals surface area contributed by atoms with Crippen LogP contribution in [-0.4, -0.2) is 43.9 Å². The molecule has 0 radical (unpaired) electrons. The van der Waals surface area contributed by atoms with Gasteiger partial charge in [-0.3, -0.25) is 4.98 Å². The Bertz CT molecular complexity index is 504. The molecule has 1 unspecified atom stereocenters. The van der Waals surface area contributed by atoms with Gasteiger partial charge in [-0.15, -0.1) is 11.3 Å². The number of thiazole rings is 1. The van der Waals surface area contributed by atoms with E-state index in [4.69, 9.17) is 0 Å². The van der Waals surface area contributed by atoms with Gasteiger partial charge in [-0.2, -0.15) is 17.4 Å². The third-order valence-electron chi connectivity index (χ3n) is 3.59. The molecule has 0 amide bonds. The monoisotopic (exact) mass is 332 g/mol. The molecule has 1 aliphatic heterocycles. The van der Waals surface area contributed by atoms with Crippen LogP contribution in [0.4, 0.5) is 0 Å². The lowest BCUT2D eigenvalue weighted by Crippen LogP contribution is -2.47. The van der Waals surface area contributed by atoms with Gasteiger partial charge < -0.3 is 5.32 Å². The van der Waals surface area contributed by atoms with Gasteiger partial charge in [-0.1, -0.05) is 6.92 Å². The molecule has 2 heterocycles. The number of hydrogen-bond donors (Lipinski definition) is 2. The molecule has 1 fully saturated rings. The van der Waals surface area contributed by atoms with E-state index in [1.807, 2.05) is 0 Å². The standard InChI is InChI=1S/C13H24N4O2S2/c1-2-5-14-7-12-4-3-6-17(10-12)21(18,19)16-9-13-8-15-11-20-13/h8,11-12,14,16H,2-7,9-10H2,1H3. The first-order valence-electron chi connectivity index (χ1n) is 7.44. The highest BCUT2D eigenvalue weighted by molar-refractivity contribution is 7.87. The Hall–Kier alpha value is -0.540. The maximum atomic E-state index is 12.3. The quantitative estimate of drug-likeness (QED) is 0.701. The molecule has 0 bridgehead atoms. The Labute approximate surface area is 131 Å². The summed E-state index contributed by atoms with van der Waals surface area (Å²) < 4.78 is 28.9. The molecule has 0 spiro atoms. The molecule has 0 saturated carbocycles. The summed E-state index contributed by atoms with van der Waals surface area (Å²) in [6, 6.07) is 0. The van der Waals surface area contributed by atoms with Crippen LogP contribution < -0.4 is 10.0 Å². The van der Waals surface area contributed by atoms with Gasteiger partial charge in [-0.25, -0.2) is 0 Å². The van der Waals surface area contributed by atoms with E-state index in [0.29, 0.717) is 25.6 Å². The zero-order valence-corrected chi connectivity index (χ0v) is 14.0. The van der Waals surface area contributed by atoms with Crippen molar-refractivity contribution in [1.29, 1.82) is 0 Å². The van der Waals surface area contributed by atoms with Crippen molar-refractivity contribution in [2.45, 2.75) is 32.7 Å². The van der Waals surface area contributed by atoms with Crippen molar-refractivity contribution in [3.05, 3.63) is 16.6 Å². The molecule has 6 nitrogen and oxygen atoms in total. The summed E-state index contributed by atoms with van der Waals surface area (Å²) in [5.74, 6) is 0.408. The second-order valence-electron chi connectivity index (χ2n) is 5.36. The lowest BCUT2D eigenvalue weighted by Gasteiger charge is -2.32. The molecule has 1 atom stereocenters. The van der Waals surface area contributed by atoms with Gasteiger partial charge in [0.15, 0.2) is 0 Å². The van der Waals surface area contributed by atoms with Crippen LogP contribution >= 0.6 is 11.3 Å². The highest BCUT2D eigenvalue weighted by Crippen LogP contribution is 2.18. The van der Waals surface area contributed by atoms with E-state index in [1.165, 1.54) is 11.3 Å². The van der Waals surface area contributed by atoms with Crippen molar-refractivity contribution >= 4 is 21.5 Å². The van der Waals surface area contributed by atoms with Crippen LogP contribution in [0.1, 0.15) is 31.1 Å². The van der Waals surface area contributed by atoms with E-state index in [9.17, 15) is 8.42 Å². The first kappa shape index (κ1) is 16.8. The summed E-state index contributed by atoms with van der Waals surface area (Å²) in [7, 11) is -3.39. The number of piperidine rings is 1. The maximum Gasteiger partial charge on any atom is 0.279 e. The Morgan fingerprint density at radius 2 is 2.38 bits per heavy atom. The summed E-state index contributed by atoms with van der Waals surface area (Å²) in [6.45, 7) is 5.56. The summed E-state index contributed by atoms with van der Waals surface area (Å²) in [5.41, 5.74) is 1.71.